The summed E-state index contributed by atoms with van der Waals surface area (Å²) in [7, 11) is 0. The molecule has 6 heteroatoms. The largest absolute Gasteiger partial charge is 0.302 e. The van der Waals surface area contributed by atoms with Crippen molar-refractivity contribution in [1.29, 1.82) is 0 Å². The fraction of sp³-hybridized carbons (Fsp3) is 0.267. The van der Waals surface area contributed by atoms with E-state index in [0.717, 1.165) is 51.9 Å². The fourth-order valence-electron chi connectivity index (χ4n) is 16.1. The minimum Gasteiger partial charge on any atom is -0.302 e. The van der Waals surface area contributed by atoms with Gasteiger partial charge in [0.2, 0.25) is 0 Å². The molecular weight excluding hydrogens is 1120 g/mol. The molecular formula is C86H86N6. The van der Waals surface area contributed by atoms with Crippen LogP contribution < -0.4 is 16.0 Å². The number of pyridine rings is 3. The molecule has 5 aliphatic rings. The zero-order valence-corrected chi connectivity index (χ0v) is 53.6. The van der Waals surface area contributed by atoms with Crippen molar-refractivity contribution in [2.75, 3.05) is 0 Å². The molecule has 0 amide bonds. The highest BCUT2D eigenvalue weighted by Crippen LogP contribution is 2.56. The molecule has 460 valence electrons. The summed E-state index contributed by atoms with van der Waals surface area (Å²) < 4.78 is 0. The Kier molecular flexibility index (Phi) is 18.1. The Labute approximate surface area is 545 Å². The lowest BCUT2D eigenvalue weighted by molar-refractivity contribution is -0.0236. The van der Waals surface area contributed by atoms with E-state index in [1.807, 2.05) is 0 Å². The highest BCUT2D eigenvalue weighted by atomic mass is 15.1. The van der Waals surface area contributed by atoms with Crippen LogP contribution >= 0.6 is 0 Å². The second-order valence-electron chi connectivity index (χ2n) is 27.7. The number of nitrogens with one attached hydrogen (secondary N) is 3. The summed E-state index contributed by atoms with van der Waals surface area (Å²) >= 11 is 0. The number of benzene rings is 9. The van der Waals surface area contributed by atoms with Crippen LogP contribution in [-0.4, -0.2) is 32.1 Å². The summed E-state index contributed by atoms with van der Waals surface area (Å²) in [6, 6.07) is 97.6. The second-order valence-corrected chi connectivity index (χ2v) is 27.7. The van der Waals surface area contributed by atoms with E-state index in [4.69, 9.17) is 15.0 Å². The van der Waals surface area contributed by atoms with Gasteiger partial charge in [-0.15, -0.1) is 0 Å². The third-order valence-electron chi connectivity index (χ3n) is 19.9. The molecule has 12 aromatic rings. The average molecular weight is 1200 g/mol. The van der Waals surface area contributed by atoms with E-state index in [-0.39, 0.29) is 29.2 Å². The zero-order valence-electron chi connectivity index (χ0n) is 53.6. The van der Waals surface area contributed by atoms with Gasteiger partial charge in [0.1, 0.15) is 0 Å². The van der Waals surface area contributed by atoms with Gasteiger partial charge >= 0.3 is 0 Å². The third-order valence-corrected chi connectivity index (χ3v) is 19.9. The Morgan fingerprint density at radius 2 is 0.685 bits per heavy atom. The van der Waals surface area contributed by atoms with Crippen molar-refractivity contribution in [2.24, 2.45) is 17.8 Å². The molecule has 4 bridgehead atoms. The summed E-state index contributed by atoms with van der Waals surface area (Å²) in [6.07, 6.45) is 14.9. The molecule has 0 saturated heterocycles. The molecule has 3 heterocycles. The van der Waals surface area contributed by atoms with Gasteiger partial charge in [-0.25, -0.2) is 0 Å². The van der Waals surface area contributed by atoms with Gasteiger partial charge in [0, 0.05) is 33.8 Å². The third kappa shape index (κ3) is 14.0. The smallest absolute Gasteiger partial charge is 0.0755 e. The van der Waals surface area contributed by atoms with Crippen molar-refractivity contribution in [3.05, 3.63) is 307 Å². The van der Waals surface area contributed by atoms with Gasteiger partial charge in [0.15, 0.2) is 0 Å². The first-order valence-corrected chi connectivity index (χ1v) is 34.0. The Morgan fingerprint density at radius 1 is 0.348 bits per heavy atom. The predicted octanol–water partition coefficient (Wildman–Crippen LogP) is 20.8. The van der Waals surface area contributed by atoms with Crippen LogP contribution in [0.3, 0.4) is 0 Å². The SMILES string of the molecule is CC(C)(C)NC(c1ccccc1)c1cccc(-c2cccc3ccccc23)n1.c1ccc(C(NC23CC4CC(CC(C4)C2)C3)c2cccc(-c3cccc4ccccc34)n2)cc1.c1ccc(C(NC2CCCCC2)c2cccc(-c3cccc4ccccc34)n2)cc1. The number of hydrogen-bond acceptors (Lipinski definition) is 6. The first-order valence-electron chi connectivity index (χ1n) is 34.0. The lowest BCUT2D eigenvalue weighted by atomic mass is 9.53. The molecule has 3 unspecified atom stereocenters. The monoisotopic (exact) mass is 1200 g/mol. The van der Waals surface area contributed by atoms with Crippen LogP contribution in [0, 0.1) is 17.8 Å². The quantitative estimate of drug-likeness (QED) is 0.101. The van der Waals surface area contributed by atoms with E-state index >= 15 is 0 Å². The molecule has 0 radical (unpaired) electrons. The van der Waals surface area contributed by atoms with Gasteiger partial charge < -0.3 is 10.6 Å². The Bertz CT molecular complexity index is 4370. The van der Waals surface area contributed by atoms with Crippen LogP contribution in [0.2, 0.25) is 0 Å². The van der Waals surface area contributed by atoms with Crippen LogP contribution in [0.4, 0.5) is 0 Å². The van der Waals surface area contributed by atoms with E-state index in [0.29, 0.717) is 6.04 Å². The zero-order chi connectivity index (χ0) is 62.3. The van der Waals surface area contributed by atoms with Crippen LogP contribution in [0.5, 0.6) is 0 Å². The number of rotatable bonds is 14. The molecule has 3 N–H and O–H groups in total. The lowest BCUT2D eigenvalue weighted by Crippen LogP contribution is -2.59. The normalized spacial score (nSPS) is 19.5. The molecule has 0 aliphatic heterocycles. The van der Waals surface area contributed by atoms with Crippen LogP contribution in [0.1, 0.15) is 143 Å². The van der Waals surface area contributed by atoms with Crippen molar-refractivity contribution in [3.8, 4) is 33.8 Å². The second kappa shape index (κ2) is 27.5. The maximum atomic E-state index is 5.31. The van der Waals surface area contributed by atoms with Crippen molar-refractivity contribution < 1.29 is 0 Å². The van der Waals surface area contributed by atoms with E-state index in [1.54, 1.807) is 0 Å². The van der Waals surface area contributed by atoms with Crippen LogP contribution in [0.15, 0.2) is 273 Å². The molecule has 9 aromatic carbocycles. The molecule has 5 fully saturated rings. The van der Waals surface area contributed by atoms with E-state index in [9.17, 15) is 0 Å². The van der Waals surface area contributed by atoms with Gasteiger partial charge in [-0.3, -0.25) is 20.3 Å². The van der Waals surface area contributed by atoms with Gasteiger partial charge in [0.05, 0.1) is 52.3 Å². The Morgan fingerprint density at radius 3 is 1.10 bits per heavy atom. The maximum Gasteiger partial charge on any atom is 0.0755 e. The van der Waals surface area contributed by atoms with Gasteiger partial charge in [-0.05, 0) is 175 Å². The minimum atomic E-state index is -0.0301. The van der Waals surface area contributed by atoms with Crippen molar-refractivity contribution in [3.63, 3.8) is 0 Å². The summed E-state index contributed by atoms with van der Waals surface area (Å²) in [4.78, 5) is 15.6. The average Bonchev–Trinajstić information content (AvgIpc) is 0.870. The Hall–Kier alpha value is -8.91. The van der Waals surface area contributed by atoms with Crippen molar-refractivity contribution in [2.45, 2.75) is 127 Å². The number of hydrogen-bond donors (Lipinski definition) is 3. The van der Waals surface area contributed by atoms with Crippen LogP contribution in [-0.2, 0) is 0 Å². The standard InChI is InChI=1S/C32H32N2.C28H28N2.C26H26N2/c1-2-9-26(10-3-1)31(34-32-19-22-16-23(20-32)18-24(17-22)21-32)30-15-7-14-29(33-30)28-13-6-11-25-8-4-5-12-27(25)28;1-3-12-22(13-4-1)28(29-23-15-5-2-6-16-23)27-20-10-19-26(30-27)25-18-9-14-21-11-7-8-17-24(21)25;1-26(2,3)28-25(20-12-5-4-6-13-20)24-18-10-17-23(27-24)22-16-9-14-19-11-7-8-15-21(19)22/h1-15,22-24,31,34H,16-21H2;1,3-4,7-14,17-20,23,28-29H,2,5-6,15-16H2;4-18,25,28H,1-3H3. The summed E-state index contributed by atoms with van der Waals surface area (Å²) in [5.41, 5.74) is 14.0. The first-order chi connectivity index (χ1) is 45.1. The summed E-state index contributed by atoms with van der Waals surface area (Å²) in [6.45, 7) is 6.58. The van der Waals surface area contributed by atoms with Gasteiger partial charge in [-0.1, -0.05) is 256 Å². The number of aromatic nitrogens is 3. The van der Waals surface area contributed by atoms with Gasteiger partial charge in [-0.2, -0.15) is 0 Å². The topological polar surface area (TPSA) is 74.8 Å². The lowest BCUT2D eigenvalue weighted by Gasteiger charge is -2.58. The maximum absolute atomic E-state index is 5.31. The molecule has 5 saturated carbocycles. The Balaban J connectivity index is 0.000000121. The highest BCUT2D eigenvalue weighted by molar-refractivity contribution is 5.97. The first kappa shape index (κ1) is 60.6. The number of nitrogens with zero attached hydrogens (tertiary/aromatic N) is 3. The molecule has 92 heavy (non-hydrogen) atoms. The highest BCUT2D eigenvalue weighted by Gasteiger charge is 2.51. The molecule has 3 atom stereocenters. The van der Waals surface area contributed by atoms with Gasteiger partial charge in [0.25, 0.3) is 0 Å². The molecule has 3 aromatic heterocycles. The van der Waals surface area contributed by atoms with E-state index in [1.165, 1.54) is 136 Å². The summed E-state index contributed by atoms with van der Waals surface area (Å²) in [5.74, 6) is 2.76. The van der Waals surface area contributed by atoms with Crippen molar-refractivity contribution >= 4 is 32.3 Å². The summed E-state index contributed by atoms with van der Waals surface area (Å²) in [5, 5.41) is 19.4. The number of fused-ring (bicyclic) bond motifs is 3. The van der Waals surface area contributed by atoms with Crippen molar-refractivity contribution in [1.82, 2.24) is 30.9 Å². The molecule has 6 nitrogen and oxygen atoms in total. The van der Waals surface area contributed by atoms with E-state index < -0.39 is 0 Å². The predicted molar refractivity (Wildman–Crippen MR) is 383 cm³/mol. The molecule has 17 rings (SSSR count). The minimum absolute atomic E-state index is 0.0301. The fourth-order valence-corrected chi connectivity index (χ4v) is 16.1. The van der Waals surface area contributed by atoms with E-state index in [2.05, 4.69) is 310 Å². The van der Waals surface area contributed by atoms with Crippen LogP contribution in [0.25, 0.3) is 66.1 Å². The molecule has 5 aliphatic carbocycles. The molecule has 0 spiro atoms.